The van der Waals surface area contributed by atoms with E-state index in [0.717, 1.165) is 18.4 Å². The van der Waals surface area contributed by atoms with Crippen molar-refractivity contribution in [1.29, 1.82) is 0 Å². The lowest BCUT2D eigenvalue weighted by Crippen LogP contribution is -2.42. The predicted octanol–water partition coefficient (Wildman–Crippen LogP) is 3.87. The molecule has 1 aliphatic heterocycles. The highest BCUT2D eigenvalue weighted by Crippen LogP contribution is 2.32. The summed E-state index contributed by atoms with van der Waals surface area (Å²) in [6, 6.07) is 4.68. The van der Waals surface area contributed by atoms with Crippen molar-refractivity contribution >= 4 is 28.9 Å². The number of nitrogens with zero attached hydrogens (tertiary/aromatic N) is 2. The minimum Gasteiger partial charge on any atom is -0.472 e. The first-order valence-corrected chi connectivity index (χ1v) is 8.36. The molecule has 0 unspecified atom stereocenters. The van der Waals surface area contributed by atoms with E-state index in [4.69, 9.17) is 16.0 Å². The Kier molecular flexibility index (Phi) is 4.94. The average molecular weight is 364 g/mol. The Labute approximate surface area is 149 Å². The molecule has 0 bridgehead atoms. The van der Waals surface area contributed by atoms with Gasteiger partial charge in [-0.1, -0.05) is 11.6 Å². The van der Waals surface area contributed by atoms with E-state index in [1.54, 1.807) is 17.9 Å². The van der Waals surface area contributed by atoms with Crippen molar-refractivity contribution in [2.24, 2.45) is 0 Å². The first kappa shape index (κ1) is 17.3. The summed E-state index contributed by atoms with van der Waals surface area (Å²) >= 11 is 6.20. The van der Waals surface area contributed by atoms with Gasteiger partial charge in [-0.3, -0.25) is 14.9 Å². The molecule has 1 fully saturated rings. The molecule has 132 valence electrons. The smallest absolute Gasteiger partial charge is 0.271 e. The summed E-state index contributed by atoms with van der Waals surface area (Å²) in [6.07, 6.45) is 4.49. The lowest BCUT2D eigenvalue weighted by atomic mass is 10.0. The zero-order valence-corrected chi connectivity index (χ0v) is 14.5. The molecular weight excluding hydrogens is 346 g/mol. The summed E-state index contributed by atoms with van der Waals surface area (Å²) in [5.41, 5.74) is 1.98. The van der Waals surface area contributed by atoms with Crippen LogP contribution < -0.4 is 5.32 Å². The van der Waals surface area contributed by atoms with Gasteiger partial charge in [-0.15, -0.1) is 0 Å². The van der Waals surface area contributed by atoms with Crippen molar-refractivity contribution in [3.63, 3.8) is 0 Å². The van der Waals surface area contributed by atoms with E-state index in [1.165, 1.54) is 24.7 Å². The van der Waals surface area contributed by atoms with Crippen LogP contribution >= 0.6 is 11.6 Å². The fourth-order valence-electron chi connectivity index (χ4n) is 3.01. The number of aryl methyl sites for hydroxylation is 1. The van der Waals surface area contributed by atoms with Crippen LogP contribution in [0.3, 0.4) is 0 Å². The van der Waals surface area contributed by atoms with Crippen LogP contribution in [0.5, 0.6) is 0 Å². The van der Waals surface area contributed by atoms with Crippen molar-refractivity contribution in [1.82, 2.24) is 4.90 Å². The number of piperidine rings is 1. The van der Waals surface area contributed by atoms with Crippen molar-refractivity contribution in [2.75, 3.05) is 18.4 Å². The molecule has 0 atom stereocenters. The number of furan rings is 1. The van der Waals surface area contributed by atoms with Crippen molar-refractivity contribution in [2.45, 2.75) is 25.8 Å². The Hall–Kier alpha value is -2.54. The molecule has 8 heteroatoms. The molecule has 25 heavy (non-hydrogen) atoms. The Morgan fingerprint density at radius 2 is 2.12 bits per heavy atom. The van der Waals surface area contributed by atoms with Gasteiger partial charge in [0.2, 0.25) is 0 Å². The molecule has 2 heterocycles. The number of nitro groups is 1. The molecule has 1 aliphatic rings. The normalized spacial score (nSPS) is 15.2. The average Bonchev–Trinajstić information content (AvgIpc) is 3.12. The van der Waals surface area contributed by atoms with E-state index in [2.05, 4.69) is 5.32 Å². The van der Waals surface area contributed by atoms with Crippen LogP contribution in [0.15, 0.2) is 35.1 Å². The number of hydrogen-bond acceptors (Lipinski definition) is 5. The maximum atomic E-state index is 12.3. The molecule has 1 aromatic heterocycles. The second-order valence-electron chi connectivity index (χ2n) is 6.10. The fraction of sp³-hybridized carbons (Fsp3) is 0.353. The van der Waals surface area contributed by atoms with Crippen LogP contribution in [0.25, 0.3) is 0 Å². The molecule has 0 aliphatic carbocycles. The second kappa shape index (κ2) is 7.14. The Morgan fingerprint density at radius 3 is 2.68 bits per heavy atom. The van der Waals surface area contributed by atoms with E-state index < -0.39 is 4.92 Å². The van der Waals surface area contributed by atoms with Gasteiger partial charge < -0.3 is 14.6 Å². The molecule has 0 spiro atoms. The van der Waals surface area contributed by atoms with Crippen molar-refractivity contribution in [3.05, 3.63) is 57.0 Å². The van der Waals surface area contributed by atoms with Crippen LogP contribution in [0.2, 0.25) is 5.02 Å². The standard InChI is InChI=1S/C17H18ClN3O4/c1-11-8-14(21(23)24)9-15(18)16(11)19-13-2-5-20(6-3-13)17(22)12-4-7-25-10-12/h4,7-10,13,19H,2-3,5-6H2,1H3. The second-order valence-corrected chi connectivity index (χ2v) is 6.51. The van der Waals surface area contributed by atoms with Crippen LogP contribution in [0, 0.1) is 17.0 Å². The van der Waals surface area contributed by atoms with Gasteiger partial charge in [0.1, 0.15) is 6.26 Å². The van der Waals surface area contributed by atoms with Crippen LogP contribution in [0.4, 0.5) is 11.4 Å². The molecule has 0 saturated carbocycles. The lowest BCUT2D eigenvalue weighted by Gasteiger charge is -2.33. The summed E-state index contributed by atoms with van der Waals surface area (Å²) in [7, 11) is 0. The maximum Gasteiger partial charge on any atom is 0.271 e. The fourth-order valence-corrected chi connectivity index (χ4v) is 3.33. The van der Waals surface area contributed by atoms with Gasteiger partial charge in [0.05, 0.1) is 27.5 Å². The van der Waals surface area contributed by atoms with E-state index >= 15 is 0 Å². The number of non-ortho nitro benzene ring substituents is 1. The van der Waals surface area contributed by atoms with Gasteiger partial charge in [0.25, 0.3) is 11.6 Å². The van der Waals surface area contributed by atoms with Gasteiger partial charge in [0.15, 0.2) is 0 Å². The first-order valence-electron chi connectivity index (χ1n) is 7.98. The molecule has 2 aromatic rings. The summed E-state index contributed by atoms with van der Waals surface area (Å²) in [4.78, 5) is 24.5. The van der Waals surface area contributed by atoms with Crippen LogP contribution in [0.1, 0.15) is 28.8 Å². The van der Waals surface area contributed by atoms with E-state index in [-0.39, 0.29) is 17.6 Å². The molecular formula is C17H18ClN3O4. The van der Waals surface area contributed by atoms with Gasteiger partial charge in [0, 0.05) is 31.3 Å². The Morgan fingerprint density at radius 1 is 1.40 bits per heavy atom. The topological polar surface area (TPSA) is 88.6 Å². The maximum absolute atomic E-state index is 12.3. The van der Waals surface area contributed by atoms with E-state index in [1.807, 2.05) is 0 Å². The molecule has 0 radical (unpaired) electrons. The lowest BCUT2D eigenvalue weighted by molar-refractivity contribution is -0.384. The van der Waals surface area contributed by atoms with Crippen molar-refractivity contribution in [3.8, 4) is 0 Å². The third kappa shape index (κ3) is 3.76. The quantitative estimate of drug-likeness (QED) is 0.658. The number of carbonyl (C=O) groups excluding carboxylic acids is 1. The number of hydrogen-bond donors (Lipinski definition) is 1. The summed E-state index contributed by atoms with van der Waals surface area (Å²) in [6.45, 7) is 3.05. The van der Waals surface area contributed by atoms with Crippen LogP contribution in [-0.4, -0.2) is 34.9 Å². The number of rotatable bonds is 4. The zero-order chi connectivity index (χ0) is 18.0. The molecule has 3 rings (SSSR count). The van der Waals surface area contributed by atoms with Crippen molar-refractivity contribution < 1.29 is 14.1 Å². The minimum absolute atomic E-state index is 0.0198. The molecule has 1 N–H and O–H groups in total. The van der Waals surface area contributed by atoms with Gasteiger partial charge in [-0.2, -0.15) is 0 Å². The first-order chi connectivity index (χ1) is 12.0. The Bertz CT molecular complexity index is 760. The van der Waals surface area contributed by atoms with Gasteiger partial charge >= 0.3 is 0 Å². The number of benzene rings is 1. The zero-order valence-electron chi connectivity index (χ0n) is 13.7. The predicted molar refractivity (Wildman–Crippen MR) is 94.1 cm³/mol. The van der Waals surface area contributed by atoms with E-state index in [0.29, 0.717) is 29.4 Å². The SMILES string of the molecule is Cc1cc([N+](=O)[O-])cc(Cl)c1NC1CCN(C(=O)c2ccoc2)CC1. The highest BCUT2D eigenvalue weighted by Gasteiger charge is 2.25. The molecule has 7 nitrogen and oxygen atoms in total. The number of carbonyl (C=O) groups is 1. The van der Waals surface area contributed by atoms with Crippen LogP contribution in [-0.2, 0) is 0 Å². The number of nitrogens with one attached hydrogen (secondary N) is 1. The Balaban J connectivity index is 1.63. The monoisotopic (exact) mass is 363 g/mol. The number of anilines is 1. The van der Waals surface area contributed by atoms with E-state index in [9.17, 15) is 14.9 Å². The third-order valence-electron chi connectivity index (χ3n) is 4.38. The summed E-state index contributed by atoms with van der Waals surface area (Å²) in [5, 5.41) is 14.6. The molecule has 1 saturated heterocycles. The number of likely N-dealkylation sites (tertiary alicyclic amines) is 1. The summed E-state index contributed by atoms with van der Waals surface area (Å²) < 4.78 is 4.96. The highest BCUT2D eigenvalue weighted by atomic mass is 35.5. The summed E-state index contributed by atoms with van der Waals surface area (Å²) in [5.74, 6) is -0.0308. The van der Waals surface area contributed by atoms with Gasteiger partial charge in [-0.25, -0.2) is 0 Å². The molecule has 1 aromatic carbocycles. The highest BCUT2D eigenvalue weighted by molar-refractivity contribution is 6.33. The molecule has 1 amide bonds. The number of nitro benzene ring substituents is 1. The number of halogens is 1. The van der Waals surface area contributed by atoms with Gasteiger partial charge in [-0.05, 0) is 31.4 Å². The minimum atomic E-state index is -0.456. The third-order valence-corrected chi connectivity index (χ3v) is 4.68. The largest absolute Gasteiger partial charge is 0.472 e. The number of amides is 1.